The molecule has 2 heterocycles. The molecule has 2 atom stereocenters. The minimum Gasteiger partial charge on any atom is -0.475 e. The van der Waals surface area contributed by atoms with E-state index in [2.05, 4.69) is 21.9 Å². The number of likely N-dealkylation sites (N-methyl/N-ethyl adjacent to an activating group) is 1. The zero-order valence-electron chi connectivity index (χ0n) is 18.0. The minimum absolute atomic E-state index is 0.0175. The molecule has 0 aliphatic carbocycles. The number of benzene rings is 1. The molecule has 2 aliphatic rings. The van der Waals surface area contributed by atoms with Crippen molar-refractivity contribution in [3.05, 3.63) is 35.4 Å². The molecule has 0 unspecified atom stereocenters. The van der Waals surface area contributed by atoms with Crippen LogP contribution in [0.1, 0.15) is 17.5 Å². The first-order valence-electron chi connectivity index (χ1n) is 10.1. The highest BCUT2D eigenvalue weighted by Crippen LogP contribution is 2.25. The number of aliphatic carboxylic acids is 1. The van der Waals surface area contributed by atoms with Gasteiger partial charge in [0.05, 0.1) is 17.7 Å². The molecule has 1 aromatic rings. The molecule has 32 heavy (non-hydrogen) atoms. The maximum absolute atomic E-state index is 11.7. The van der Waals surface area contributed by atoms with Crippen molar-refractivity contribution in [1.29, 1.82) is 5.26 Å². The molecule has 1 amide bonds. The second-order valence-corrected chi connectivity index (χ2v) is 7.96. The van der Waals surface area contributed by atoms with E-state index in [1.54, 1.807) is 19.0 Å². The molecule has 3 rings (SSSR count). The molecule has 8 nitrogen and oxygen atoms in total. The molecule has 176 valence electrons. The summed E-state index contributed by atoms with van der Waals surface area (Å²) in [4.78, 5) is 27.1. The van der Waals surface area contributed by atoms with Gasteiger partial charge in [-0.15, -0.1) is 0 Å². The largest absolute Gasteiger partial charge is 0.490 e. The Morgan fingerprint density at radius 2 is 1.97 bits per heavy atom. The van der Waals surface area contributed by atoms with E-state index in [1.165, 1.54) is 5.56 Å². The quantitative estimate of drug-likeness (QED) is 0.718. The van der Waals surface area contributed by atoms with Crippen molar-refractivity contribution in [2.24, 2.45) is 0 Å². The Bertz CT molecular complexity index is 841. The summed E-state index contributed by atoms with van der Waals surface area (Å²) in [7, 11) is 3.51. The number of amides is 1. The van der Waals surface area contributed by atoms with Crippen LogP contribution in [0.4, 0.5) is 13.2 Å². The lowest BCUT2D eigenvalue weighted by Crippen LogP contribution is -2.49. The fourth-order valence-electron chi connectivity index (χ4n) is 3.64. The zero-order chi connectivity index (χ0) is 23.9. The lowest BCUT2D eigenvalue weighted by atomic mass is 10.1. The molecule has 0 bridgehead atoms. The minimum atomic E-state index is -5.08. The summed E-state index contributed by atoms with van der Waals surface area (Å²) in [5, 5.41) is 16.2. The van der Waals surface area contributed by atoms with Crippen LogP contribution in [-0.2, 0) is 20.9 Å². The van der Waals surface area contributed by atoms with E-state index < -0.39 is 12.1 Å². The van der Waals surface area contributed by atoms with Crippen molar-refractivity contribution in [2.45, 2.75) is 31.3 Å². The second-order valence-electron chi connectivity index (χ2n) is 7.96. The highest BCUT2D eigenvalue weighted by atomic mass is 19.4. The number of nitrogens with zero attached hydrogens (tertiary/aromatic N) is 4. The van der Waals surface area contributed by atoms with Crippen LogP contribution in [0.2, 0.25) is 0 Å². The Morgan fingerprint density at radius 3 is 2.56 bits per heavy atom. The number of alkyl halides is 3. The summed E-state index contributed by atoms with van der Waals surface area (Å²) < 4.78 is 37.6. The van der Waals surface area contributed by atoms with E-state index in [0.29, 0.717) is 6.04 Å². The fraction of sp³-hybridized carbons (Fsp3) is 0.571. The Labute approximate surface area is 184 Å². The van der Waals surface area contributed by atoms with Crippen LogP contribution < -0.4 is 0 Å². The fourth-order valence-corrected chi connectivity index (χ4v) is 3.64. The van der Waals surface area contributed by atoms with Crippen molar-refractivity contribution in [2.75, 3.05) is 46.9 Å². The summed E-state index contributed by atoms with van der Waals surface area (Å²) in [5.74, 6) is -2.74. The van der Waals surface area contributed by atoms with Crippen molar-refractivity contribution < 1.29 is 32.6 Å². The Kier molecular flexibility index (Phi) is 9.00. The average molecular weight is 456 g/mol. The smallest absolute Gasteiger partial charge is 0.475 e. The number of nitriles is 1. The summed E-state index contributed by atoms with van der Waals surface area (Å²) in [6, 6.07) is 10.5. The van der Waals surface area contributed by atoms with E-state index >= 15 is 0 Å². The predicted molar refractivity (Wildman–Crippen MR) is 109 cm³/mol. The Balaban J connectivity index is 0.000000451. The molecular formula is C21H27F3N4O4. The van der Waals surface area contributed by atoms with E-state index in [1.807, 2.05) is 18.2 Å². The maximum atomic E-state index is 11.7. The van der Waals surface area contributed by atoms with Gasteiger partial charge in [-0.3, -0.25) is 14.6 Å². The molecule has 0 spiro atoms. The van der Waals surface area contributed by atoms with Gasteiger partial charge in [0.1, 0.15) is 6.61 Å². The Morgan fingerprint density at radius 1 is 1.28 bits per heavy atom. The SMILES string of the molecule is CN(C)C(=O)CO[C@@H]1C[C@H]2CN(Cc3cccc(C#N)c3)CCN2C1.O=C(O)C(F)(F)F. The topological polar surface area (TPSA) is 97.1 Å². The number of rotatable bonds is 5. The number of carbonyl (C=O) groups excluding carboxylic acids is 1. The van der Waals surface area contributed by atoms with Crippen molar-refractivity contribution in [3.8, 4) is 6.07 Å². The van der Waals surface area contributed by atoms with Gasteiger partial charge in [-0.2, -0.15) is 18.4 Å². The Hall–Kier alpha value is -2.68. The first-order chi connectivity index (χ1) is 15.0. The highest BCUT2D eigenvalue weighted by molar-refractivity contribution is 5.76. The second kappa shape index (κ2) is 11.3. The molecule has 2 fully saturated rings. The van der Waals surface area contributed by atoms with Gasteiger partial charge in [0.15, 0.2) is 0 Å². The van der Waals surface area contributed by atoms with Gasteiger partial charge in [0, 0.05) is 52.9 Å². The van der Waals surface area contributed by atoms with Gasteiger partial charge >= 0.3 is 12.1 Å². The first-order valence-corrected chi connectivity index (χ1v) is 10.1. The van der Waals surface area contributed by atoms with Crippen molar-refractivity contribution >= 4 is 11.9 Å². The molecule has 2 saturated heterocycles. The van der Waals surface area contributed by atoms with Crippen LogP contribution in [0, 0.1) is 11.3 Å². The number of halogens is 3. The molecule has 1 N–H and O–H groups in total. The zero-order valence-corrected chi connectivity index (χ0v) is 18.0. The lowest BCUT2D eigenvalue weighted by molar-refractivity contribution is -0.192. The molecule has 0 aromatic heterocycles. The van der Waals surface area contributed by atoms with Crippen molar-refractivity contribution in [1.82, 2.24) is 14.7 Å². The molecular weight excluding hydrogens is 429 g/mol. The van der Waals surface area contributed by atoms with Crippen LogP contribution in [0.25, 0.3) is 0 Å². The number of carbonyl (C=O) groups is 2. The van der Waals surface area contributed by atoms with Crippen LogP contribution >= 0.6 is 0 Å². The number of fused-ring (bicyclic) bond motifs is 1. The number of hydrogen-bond donors (Lipinski definition) is 1. The lowest BCUT2D eigenvalue weighted by Gasteiger charge is -2.37. The van der Waals surface area contributed by atoms with Gasteiger partial charge in [-0.25, -0.2) is 4.79 Å². The van der Waals surface area contributed by atoms with Crippen molar-refractivity contribution in [3.63, 3.8) is 0 Å². The standard InChI is InChI=1S/C19H26N4O2.C2HF3O2/c1-21(2)19(24)14-25-18-9-17-12-22(6-7-23(17)13-18)11-16-5-3-4-15(8-16)10-20;3-2(4,5)1(6)7/h3-5,8,17-18H,6-7,9,11-14H2,1-2H3;(H,6,7)/t17-,18+;/m0./s1. The number of carboxylic acid groups (broad SMARTS) is 1. The van der Waals surface area contributed by atoms with Gasteiger partial charge < -0.3 is 14.7 Å². The number of carboxylic acids is 1. The number of hydrogen-bond acceptors (Lipinski definition) is 6. The van der Waals surface area contributed by atoms with Crippen LogP contribution in [0.15, 0.2) is 24.3 Å². The van der Waals surface area contributed by atoms with E-state index in [-0.39, 0.29) is 18.6 Å². The normalized spacial score (nSPS) is 21.1. The summed E-state index contributed by atoms with van der Waals surface area (Å²) in [5.41, 5.74) is 1.91. The molecule has 2 aliphatic heterocycles. The highest BCUT2D eigenvalue weighted by Gasteiger charge is 2.38. The average Bonchev–Trinajstić information content (AvgIpc) is 3.14. The monoisotopic (exact) mass is 456 g/mol. The van der Waals surface area contributed by atoms with E-state index in [0.717, 1.165) is 44.7 Å². The predicted octanol–water partition coefficient (Wildman–Crippen LogP) is 1.55. The van der Waals surface area contributed by atoms with Gasteiger partial charge in [0.2, 0.25) is 5.91 Å². The van der Waals surface area contributed by atoms with Gasteiger partial charge in [-0.05, 0) is 24.1 Å². The van der Waals surface area contributed by atoms with Crippen LogP contribution in [-0.4, -0.2) is 96.9 Å². The third-order valence-corrected chi connectivity index (χ3v) is 5.31. The maximum Gasteiger partial charge on any atom is 0.490 e. The molecule has 11 heteroatoms. The number of ether oxygens (including phenoxy) is 1. The third kappa shape index (κ3) is 7.78. The summed E-state index contributed by atoms with van der Waals surface area (Å²) in [6.07, 6.45) is -3.95. The van der Waals surface area contributed by atoms with E-state index in [4.69, 9.17) is 19.9 Å². The molecule has 1 aromatic carbocycles. The molecule has 0 radical (unpaired) electrons. The first kappa shape index (κ1) is 25.6. The summed E-state index contributed by atoms with van der Waals surface area (Å²) in [6.45, 7) is 5.04. The van der Waals surface area contributed by atoms with E-state index in [9.17, 15) is 18.0 Å². The molecule has 0 saturated carbocycles. The van der Waals surface area contributed by atoms with Gasteiger partial charge in [0.25, 0.3) is 0 Å². The van der Waals surface area contributed by atoms with Crippen LogP contribution in [0.3, 0.4) is 0 Å². The summed E-state index contributed by atoms with van der Waals surface area (Å²) >= 11 is 0. The van der Waals surface area contributed by atoms with Crippen LogP contribution in [0.5, 0.6) is 0 Å². The van der Waals surface area contributed by atoms with Gasteiger partial charge in [-0.1, -0.05) is 12.1 Å². The number of piperazine rings is 1. The third-order valence-electron chi connectivity index (χ3n) is 5.31.